The van der Waals surface area contributed by atoms with Gasteiger partial charge >= 0.3 is 0 Å². The van der Waals surface area contributed by atoms with Crippen LogP contribution in [0.5, 0.6) is 5.75 Å². The maximum atomic E-state index is 12.9. The molecule has 2 aromatic rings. The summed E-state index contributed by atoms with van der Waals surface area (Å²) < 4.78 is 18.4. The predicted molar refractivity (Wildman–Crippen MR) is 99.2 cm³/mol. The van der Waals surface area contributed by atoms with Gasteiger partial charge in [0.05, 0.1) is 22.3 Å². The average Bonchev–Trinajstić information content (AvgIpc) is 2.59. The molecule has 2 amide bonds. The zero-order valence-electron chi connectivity index (χ0n) is 14.1. The van der Waals surface area contributed by atoms with E-state index < -0.39 is 23.7 Å². The highest BCUT2D eigenvalue weighted by molar-refractivity contribution is 6.39. The molecule has 0 aliphatic carbocycles. The van der Waals surface area contributed by atoms with Crippen LogP contribution in [0.4, 0.5) is 10.1 Å². The number of ether oxygens (including phenoxy) is 1. The van der Waals surface area contributed by atoms with E-state index in [1.54, 1.807) is 25.1 Å². The Kier molecular flexibility index (Phi) is 6.83. The van der Waals surface area contributed by atoms with Crippen molar-refractivity contribution in [3.8, 4) is 5.75 Å². The second-order valence-corrected chi connectivity index (χ2v) is 6.37. The van der Waals surface area contributed by atoms with E-state index in [2.05, 4.69) is 5.32 Å². The van der Waals surface area contributed by atoms with Crippen molar-refractivity contribution in [1.29, 1.82) is 0 Å². The molecular weight excluding hydrogens is 382 g/mol. The summed E-state index contributed by atoms with van der Waals surface area (Å²) in [5, 5.41) is 3.18. The lowest BCUT2D eigenvalue weighted by molar-refractivity contribution is -0.139. The second kappa shape index (κ2) is 8.87. The molecule has 1 N–H and O–H groups in total. The Balaban J connectivity index is 1.93. The summed E-state index contributed by atoms with van der Waals surface area (Å²) in [6, 6.07) is 10.2. The van der Waals surface area contributed by atoms with Crippen molar-refractivity contribution >= 4 is 40.7 Å². The molecule has 0 aliphatic heterocycles. The molecule has 0 spiro atoms. The van der Waals surface area contributed by atoms with E-state index in [0.29, 0.717) is 15.8 Å². The first-order valence-corrected chi connectivity index (χ1v) is 8.44. The zero-order valence-corrected chi connectivity index (χ0v) is 15.6. The van der Waals surface area contributed by atoms with Crippen LogP contribution in [0.2, 0.25) is 10.0 Å². The lowest BCUT2D eigenvalue weighted by Crippen LogP contribution is -2.42. The van der Waals surface area contributed by atoms with Crippen LogP contribution in [0.25, 0.3) is 0 Å². The number of carbonyl (C=O) groups excluding carboxylic acids is 2. The first-order valence-electron chi connectivity index (χ1n) is 7.69. The van der Waals surface area contributed by atoms with Crippen LogP contribution in [-0.2, 0) is 9.59 Å². The topological polar surface area (TPSA) is 58.6 Å². The summed E-state index contributed by atoms with van der Waals surface area (Å²) in [4.78, 5) is 25.7. The molecule has 0 aromatic heterocycles. The SMILES string of the molecule is CC(Oc1ccc(F)cc1)C(=O)N(C)CC(=O)Nc1c(Cl)cccc1Cl. The van der Waals surface area contributed by atoms with Gasteiger partial charge in [0.1, 0.15) is 11.6 Å². The summed E-state index contributed by atoms with van der Waals surface area (Å²) in [5.41, 5.74) is 0.289. The molecule has 0 radical (unpaired) electrons. The Morgan fingerprint density at radius 3 is 2.31 bits per heavy atom. The Bertz CT molecular complexity index is 779. The minimum absolute atomic E-state index is 0.211. The minimum Gasteiger partial charge on any atom is -0.481 e. The molecule has 5 nitrogen and oxygen atoms in total. The summed E-state index contributed by atoms with van der Waals surface area (Å²) in [5.74, 6) is -0.907. The largest absolute Gasteiger partial charge is 0.481 e. The van der Waals surface area contributed by atoms with Crippen LogP contribution in [0.1, 0.15) is 6.92 Å². The van der Waals surface area contributed by atoms with Crippen molar-refractivity contribution in [3.63, 3.8) is 0 Å². The molecular formula is C18H17Cl2FN2O3. The van der Waals surface area contributed by atoms with E-state index in [0.717, 1.165) is 0 Å². The van der Waals surface area contributed by atoms with Gasteiger partial charge in [-0.3, -0.25) is 9.59 Å². The smallest absolute Gasteiger partial charge is 0.263 e. The maximum absolute atomic E-state index is 12.9. The van der Waals surface area contributed by atoms with Gasteiger partial charge in [-0.25, -0.2) is 4.39 Å². The molecule has 2 aromatic carbocycles. The van der Waals surface area contributed by atoms with Gasteiger partial charge < -0.3 is 15.0 Å². The number of likely N-dealkylation sites (N-methyl/N-ethyl adjacent to an activating group) is 1. The standard InChI is InChI=1S/C18H17Cl2FN2O3/c1-11(26-13-8-6-12(21)7-9-13)18(25)23(2)10-16(24)22-17-14(19)4-3-5-15(17)20/h3-9,11H,10H2,1-2H3,(H,22,24). The highest BCUT2D eigenvalue weighted by Gasteiger charge is 2.21. The number of anilines is 1. The zero-order chi connectivity index (χ0) is 19.3. The number of benzene rings is 2. The molecule has 0 saturated heterocycles. The second-order valence-electron chi connectivity index (χ2n) is 5.55. The molecule has 0 aliphatic rings. The van der Waals surface area contributed by atoms with Crippen LogP contribution in [0.3, 0.4) is 0 Å². The summed E-state index contributed by atoms with van der Waals surface area (Å²) >= 11 is 12.0. The molecule has 0 heterocycles. The third kappa shape index (κ3) is 5.34. The molecule has 2 rings (SSSR count). The molecule has 0 bridgehead atoms. The van der Waals surface area contributed by atoms with Crippen molar-refractivity contribution in [2.45, 2.75) is 13.0 Å². The van der Waals surface area contributed by atoms with Crippen molar-refractivity contribution < 1.29 is 18.7 Å². The predicted octanol–water partition coefficient (Wildman–Crippen LogP) is 4.00. The summed E-state index contributed by atoms with van der Waals surface area (Å²) in [6.07, 6.45) is -0.845. The Labute approximate surface area is 160 Å². The molecule has 8 heteroatoms. The van der Waals surface area contributed by atoms with Gasteiger partial charge in [-0.2, -0.15) is 0 Å². The van der Waals surface area contributed by atoms with Crippen LogP contribution >= 0.6 is 23.2 Å². The quantitative estimate of drug-likeness (QED) is 0.799. The van der Waals surface area contributed by atoms with E-state index in [1.165, 1.54) is 36.2 Å². The van der Waals surface area contributed by atoms with Gasteiger partial charge in [0.15, 0.2) is 6.10 Å². The van der Waals surface area contributed by atoms with E-state index in [4.69, 9.17) is 27.9 Å². The molecule has 26 heavy (non-hydrogen) atoms. The van der Waals surface area contributed by atoms with Crippen molar-refractivity contribution in [2.75, 3.05) is 18.9 Å². The fraction of sp³-hybridized carbons (Fsp3) is 0.222. The lowest BCUT2D eigenvalue weighted by Gasteiger charge is -2.22. The van der Waals surface area contributed by atoms with Crippen molar-refractivity contribution in [2.24, 2.45) is 0 Å². The molecule has 138 valence electrons. The number of rotatable bonds is 6. The van der Waals surface area contributed by atoms with Gasteiger partial charge in [-0.05, 0) is 43.3 Å². The van der Waals surface area contributed by atoms with Crippen molar-refractivity contribution in [1.82, 2.24) is 4.90 Å². The molecule has 1 unspecified atom stereocenters. The monoisotopic (exact) mass is 398 g/mol. The Morgan fingerprint density at radius 1 is 1.15 bits per heavy atom. The number of hydrogen-bond donors (Lipinski definition) is 1. The molecule has 0 fully saturated rings. The number of halogens is 3. The summed E-state index contributed by atoms with van der Waals surface area (Å²) in [6.45, 7) is 1.34. The minimum atomic E-state index is -0.845. The fourth-order valence-electron chi connectivity index (χ4n) is 2.17. The number of amides is 2. The van der Waals surface area contributed by atoms with Gasteiger partial charge in [-0.1, -0.05) is 29.3 Å². The van der Waals surface area contributed by atoms with E-state index in [-0.39, 0.29) is 12.2 Å². The molecule has 1 atom stereocenters. The van der Waals surface area contributed by atoms with Gasteiger partial charge in [0.25, 0.3) is 5.91 Å². The summed E-state index contributed by atoms with van der Waals surface area (Å²) in [7, 11) is 1.47. The normalized spacial score (nSPS) is 11.6. The number of nitrogens with one attached hydrogen (secondary N) is 1. The number of hydrogen-bond acceptors (Lipinski definition) is 3. The average molecular weight is 399 g/mol. The van der Waals surface area contributed by atoms with E-state index in [9.17, 15) is 14.0 Å². The molecule has 0 saturated carbocycles. The van der Waals surface area contributed by atoms with E-state index >= 15 is 0 Å². The van der Waals surface area contributed by atoms with Crippen LogP contribution in [0.15, 0.2) is 42.5 Å². The number of para-hydroxylation sites is 1. The van der Waals surface area contributed by atoms with Gasteiger partial charge in [0.2, 0.25) is 5.91 Å². The Morgan fingerprint density at radius 2 is 1.73 bits per heavy atom. The lowest BCUT2D eigenvalue weighted by atomic mass is 10.3. The highest BCUT2D eigenvalue weighted by Crippen LogP contribution is 2.29. The fourth-order valence-corrected chi connectivity index (χ4v) is 2.66. The third-order valence-corrected chi connectivity index (χ3v) is 4.09. The first-order chi connectivity index (χ1) is 12.3. The number of carbonyl (C=O) groups is 2. The Hall–Kier alpha value is -2.31. The first kappa shape index (κ1) is 20.0. The van der Waals surface area contributed by atoms with Gasteiger partial charge in [-0.15, -0.1) is 0 Å². The van der Waals surface area contributed by atoms with E-state index in [1.807, 2.05) is 0 Å². The number of nitrogens with zero attached hydrogens (tertiary/aromatic N) is 1. The van der Waals surface area contributed by atoms with Crippen LogP contribution in [0, 0.1) is 5.82 Å². The van der Waals surface area contributed by atoms with Crippen LogP contribution < -0.4 is 10.1 Å². The van der Waals surface area contributed by atoms with Crippen molar-refractivity contribution in [3.05, 3.63) is 58.3 Å². The third-order valence-electron chi connectivity index (χ3n) is 3.46. The highest BCUT2D eigenvalue weighted by atomic mass is 35.5. The van der Waals surface area contributed by atoms with Crippen LogP contribution in [-0.4, -0.2) is 36.4 Å². The maximum Gasteiger partial charge on any atom is 0.263 e. The van der Waals surface area contributed by atoms with Gasteiger partial charge in [0, 0.05) is 7.05 Å².